The Morgan fingerprint density at radius 1 is 1.29 bits per heavy atom. The average molecular weight is 289 g/mol. The summed E-state index contributed by atoms with van der Waals surface area (Å²) in [6, 6.07) is 8.09. The summed E-state index contributed by atoms with van der Waals surface area (Å²) in [7, 11) is 0. The number of unbranched alkanes of at least 4 members (excludes halogenated alkanes) is 2. The fourth-order valence-corrected chi connectivity index (χ4v) is 2.84. The molecule has 0 aliphatic carbocycles. The first-order valence-electron chi connectivity index (χ1n) is 8.22. The van der Waals surface area contributed by atoms with Gasteiger partial charge < -0.3 is 9.64 Å². The van der Waals surface area contributed by atoms with Gasteiger partial charge in [0.25, 0.3) is 0 Å². The number of hydrogen-bond donors (Lipinski definition) is 0. The number of likely N-dealkylation sites (tertiary alicyclic amines) is 1. The van der Waals surface area contributed by atoms with E-state index in [1.54, 1.807) is 0 Å². The molecule has 1 fully saturated rings. The van der Waals surface area contributed by atoms with E-state index in [0.29, 0.717) is 12.2 Å². The molecule has 1 aliphatic rings. The molecule has 21 heavy (non-hydrogen) atoms. The molecule has 1 aliphatic heterocycles. The minimum absolute atomic E-state index is 0.0119. The van der Waals surface area contributed by atoms with E-state index in [1.165, 1.54) is 12.8 Å². The van der Waals surface area contributed by atoms with Crippen LogP contribution in [-0.4, -0.2) is 36.9 Å². The SMILES string of the molecule is CCCCCOc1cccc(C2CN(CC)CCC2=O)c1. The molecule has 1 saturated heterocycles. The van der Waals surface area contributed by atoms with Crippen molar-refractivity contribution in [3.8, 4) is 5.75 Å². The summed E-state index contributed by atoms with van der Waals surface area (Å²) in [5, 5.41) is 0. The van der Waals surface area contributed by atoms with Crippen molar-refractivity contribution in [2.24, 2.45) is 0 Å². The van der Waals surface area contributed by atoms with Gasteiger partial charge in [-0.1, -0.05) is 38.8 Å². The minimum atomic E-state index is 0.0119. The monoisotopic (exact) mass is 289 g/mol. The van der Waals surface area contributed by atoms with Crippen LogP contribution in [0.2, 0.25) is 0 Å². The zero-order valence-corrected chi connectivity index (χ0v) is 13.3. The van der Waals surface area contributed by atoms with Crippen molar-refractivity contribution >= 4 is 5.78 Å². The highest BCUT2D eigenvalue weighted by molar-refractivity contribution is 5.87. The Hall–Kier alpha value is -1.35. The van der Waals surface area contributed by atoms with Crippen molar-refractivity contribution < 1.29 is 9.53 Å². The number of carbonyl (C=O) groups excluding carboxylic acids is 1. The second kappa shape index (κ2) is 8.18. The molecule has 0 aromatic heterocycles. The second-order valence-electron chi connectivity index (χ2n) is 5.79. The lowest BCUT2D eigenvalue weighted by molar-refractivity contribution is -0.123. The van der Waals surface area contributed by atoms with E-state index >= 15 is 0 Å². The molecule has 1 heterocycles. The Morgan fingerprint density at radius 2 is 2.14 bits per heavy atom. The summed E-state index contributed by atoms with van der Waals surface area (Å²) in [4.78, 5) is 14.5. The normalized spacial score (nSPS) is 19.7. The predicted molar refractivity (Wildman–Crippen MR) is 85.9 cm³/mol. The Kier molecular flexibility index (Phi) is 6.24. The van der Waals surface area contributed by atoms with Crippen molar-refractivity contribution in [1.82, 2.24) is 4.90 Å². The topological polar surface area (TPSA) is 29.5 Å². The summed E-state index contributed by atoms with van der Waals surface area (Å²) in [6.07, 6.45) is 4.16. The van der Waals surface area contributed by atoms with E-state index in [2.05, 4.69) is 24.8 Å². The maximum atomic E-state index is 12.2. The van der Waals surface area contributed by atoms with Crippen LogP contribution in [0.3, 0.4) is 0 Å². The van der Waals surface area contributed by atoms with E-state index in [0.717, 1.165) is 44.0 Å². The van der Waals surface area contributed by atoms with Crippen LogP contribution in [0.5, 0.6) is 5.75 Å². The van der Waals surface area contributed by atoms with Gasteiger partial charge in [0.15, 0.2) is 0 Å². The highest BCUT2D eigenvalue weighted by atomic mass is 16.5. The molecule has 3 nitrogen and oxygen atoms in total. The van der Waals surface area contributed by atoms with Crippen molar-refractivity contribution in [2.45, 2.75) is 45.4 Å². The van der Waals surface area contributed by atoms with Crippen molar-refractivity contribution in [3.63, 3.8) is 0 Å². The van der Waals surface area contributed by atoms with Crippen molar-refractivity contribution in [2.75, 3.05) is 26.2 Å². The molecule has 0 spiro atoms. The van der Waals surface area contributed by atoms with Crippen molar-refractivity contribution in [1.29, 1.82) is 0 Å². The number of nitrogens with zero attached hydrogens (tertiary/aromatic N) is 1. The first-order valence-corrected chi connectivity index (χ1v) is 8.22. The summed E-state index contributed by atoms with van der Waals surface area (Å²) in [5.41, 5.74) is 1.10. The molecule has 0 bridgehead atoms. The van der Waals surface area contributed by atoms with Gasteiger partial charge in [-0.25, -0.2) is 0 Å². The van der Waals surface area contributed by atoms with Gasteiger partial charge in [0.05, 0.1) is 12.5 Å². The first kappa shape index (κ1) is 16.0. The molecule has 0 saturated carbocycles. The Bertz CT molecular complexity index is 458. The van der Waals surface area contributed by atoms with Gasteiger partial charge in [0, 0.05) is 19.5 Å². The molecule has 1 aromatic rings. The maximum absolute atomic E-state index is 12.2. The van der Waals surface area contributed by atoms with Crippen LogP contribution in [0.15, 0.2) is 24.3 Å². The number of rotatable bonds is 7. The van der Waals surface area contributed by atoms with E-state index in [-0.39, 0.29) is 5.92 Å². The molecule has 3 heteroatoms. The number of benzene rings is 1. The number of Topliss-reactive ketones (excluding diaryl/α,β-unsaturated/α-hetero) is 1. The standard InChI is InChI=1S/C18H27NO2/c1-3-5-6-12-21-16-9-7-8-15(13-16)17-14-19(4-2)11-10-18(17)20/h7-9,13,17H,3-6,10-12,14H2,1-2H3. The minimum Gasteiger partial charge on any atom is -0.494 e. The molecular formula is C18H27NO2. The van der Waals surface area contributed by atoms with E-state index in [9.17, 15) is 4.79 Å². The lowest BCUT2D eigenvalue weighted by Gasteiger charge is -2.31. The lowest BCUT2D eigenvalue weighted by Crippen LogP contribution is -2.39. The lowest BCUT2D eigenvalue weighted by atomic mass is 9.89. The highest BCUT2D eigenvalue weighted by Gasteiger charge is 2.27. The molecule has 2 rings (SSSR count). The van der Waals surface area contributed by atoms with Gasteiger partial charge >= 0.3 is 0 Å². The number of piperidine rings is 1. The van der Waals surface area contributed by atoms with Crippen LogP contribution in [0.4, 0.5) is 0 Å². The zero-order valence-electron chi connectivity index (χ0n) is 13.3. The molecule has 1 atom stereocenters. The van der Waals surface area contributed by atoms with E-state index in [4.69, 9.17) is 4.74 Å². The van der Waals surface area contributed by atoms with Crippen LogP contribution in [0.25, 0.3) is 0 Å². The van der Waals surface area contributed by atoms with Crippen LogP contribution in [-0.2, 0) is 4.79 Å². The van der Waals surface area contributed by atoms with Crippen LogP contribution in [0.1, 0.15) is 51.0 Å². The zero-order chi connectivity index (χ0) is 15.1. The third-order valence-corrected chi connectivity index (χ3v) is 4.23. The number of likely N-dealkylation sites (N-methyl/N-ethyl adjacent to an activating group) is 1. The van der Waals surface area contributed by atoms with Gasteiger partial charge in [0.2, 0.25) is 0 Å². The predicted octanol–water partition coefficient (Wildman–Crippen LogP) is 3.63. The van der Waals surface area contributed by atoms with Crippen LogP contribution >= 0.6 is 0 Å². The molecule has 0 radical (unpaired) electrons. The van der Waals surface area contributed by atoms with Gasteiger partial charge in [-0.3, -0.25) is 4.79 Å². The smallest absolute Gasteiger partial charge is 0.142 e. The molecule has 116 valence electrons. The molecule has 1 unspecified atom stereocenters. The van der Waals surface area contributed by atoms with Crippen molar-refractivity contribution in [3.05, 3.63) is 29.8 Å². The summed E-state index contributed by atoms with van der Waals surface area (Å²) in [5.74, 6) is 1.27. The Labute approximate surface area is 128 Å². The fraction of sp³-hybridized carbons (Fsp3) is 0.611. The number of carbonyl (C=O) groups is 1. The third-order valence-electron chi connectivity index (χ3n) is 4.23. The third kappa shape index (κ3) is 4.57. The number of ketones is 1. The van der Waals surface area contributed by atoms with Gasteiger partial charge in [-0.05, 0) is 30.7 Å². The molecule has 0 N–H and O–H groups in total. The molecular weight excluding hydrogens is 262 g/mol. The summed E-state index contributed by atoms with van der Waals surface area (Å²) < 4.78 is 5.80. The highest BCUT2D eigenvalue weighted by Crippen LogP contribution is 2.26. The quantitative estimate of drug-likeness (QED) is 0.718. The molecule has 1 aromatic carbocycles. The van der Waals surface area contributed by atoms with Crippen LogP contribution < -0.4 is 4.74 Å². The fourth-order valence-electron chi connectivity index (χ4n) is 2.84. The average Bonchev–Trinajstić information content (AvgIpc) is 2.52. The maximum Gasteiger partial charge on any atom is 0.142 e. The van der Waals surface area contributed by atoms with Gasteiger partial charge in [-0.15, -0.1) is 0 Å². The summed E-state index contributed by atoms with van der Waals surface area (Å²) >= 11 is 0. The van der Waals surface area contributed by atoms with Crippen LogP contribution in [0, 0.1) is 0 Å². The first-order chi connectivity index (χ1) is 10.2. The van der Waals surface area contributed by atoms with E-state index in [1.807, 2.05) is 18.2 Å². The largest absolute Gasteiger partial charge is 0.494 e. The Balaban J connectivity index is 2.00. The number of hydrogen-bond acceptors (Lipinski definition) is 3. The molecule has 0 amide bonds. The van der Waals surface area contributed by atoms with Gasteiger partial charge in [0.1, 0.15) is 11.5 Å². The number of ether oxygens (including phenoxy) is 1. The van der Waals surface area contributed by atoms with E-state index < -0.39 is 0 Å². The second-order valence-corrected chi connectivity index (χ2v) is 5.79. The summed E-state index contributed by atoms with van der Waals surface area (Å²) in [6.45, 7) is 7.86. The van der Waals surface area contributed by atoms with Gasteiger partial charge in [-0.2, -0.15) is 0 Å². The Morgan fingerprint density at radius 3 is 2.90 bits per heavy atom.